The first-order valence-electron chi connectivity index (χ1n) is 8.33. The Balaban J connectivity index is 2.08. The first-order chi connectivity index (χ1) is 9.51. The molecule has 1 nitrogen and oxygen atoms in total. The third-order valence-corrected chi connectivity index (χ3v) is 5.30. The number of hydrogen-bond acceptors (Lipinski definition) is 1. The number of hydrogen-bond donors (Lipinski definition) is 1. The molecule has 20 heavy (non-hydrogen) atoms. The highest BCUT2D eigenvalue weighted by molar-refractivity contribution is 5.31. The van der Waals surface area contributed by atoms with Crippen LogP contribution in [-0.2, 0) is 6.42 Å². The normalized spacial score (nSPS) is 29.5. The summed E-state index contributed by atoms with van der Waals surface area (Å²) in [4.78, 5) is 0. The third-order valence-electron chi connectivity index (χ3n) is 5.30. The van der Waals surface area contributed by atoms with Crippen molar-refractivity contribution in [1.29, 1.82) is 0 Å². The third kappa shape index (κ3) is 2.93. The average Bonchev–Trinajstić information content (AvgIpc) is 2.43. The van der Waals surface area contributed by atoms with E-state index in [-0.39, 0.29) is 0 Å². The molecule has 1 saturated carbocycles. The van der Waals surface area contributed by atoms with E-state index in [4.69, 9.17) is 0 Å². The Bertz CT molecular complexity index is 420. The van der Waals surface area contributed by atoms with Gasteiger partial charge in [0, 0.05) is 6.04 Å². The highest BCUT2D eigenvalue weighted by Gasteiger charge is 2.50. The molecule has 3 unspecified atom stereocenters. The van der Waals surface area contributed by atoms with Crippen LogP contribution in [0.4, 0.5) is 0 Å². The first kappa shape index (κ1) is 15.6. The minimum atomic E-state index is 0.426. The van der Waals surface area contributed by atoms with Gasteiger partial charge in [-0.2, -0.15) is 0 Å². The van der Waals surface area contributed by atoms with Crippen molar-refractivity contribution >= 4 is 0 Å². The summed E-state index contributed by atoms with van der Waals surface area (Å²) >= 11 is 0. The van der Waals surface area contributed by atoms with Gasteiger partial charge in [-0.1, -0.05) is 58.9 Å². The topological polar surface area (TPSA) is 12.0 Å². The van der Waals surface area contributed by atoms with Gasteiger partial charge in [-0.25, -0.2) is 0 Å². The van der Waals surface area contributed by atoms with E-state index >= 15 is 0 Å². The van der Waals surface area contributed by atoms with Gasteiger partial charge in [0.2, 0.25) is 0 Å². The molecule has 1 heteroatoms. The zero-order valence-corrected chi connectivity index (χ0v) is 13.9. The highest BCUT2D eigenvalue weighted by Crippen LogP contribution is 2.54. The second-order valence-corrected chi connectivity index (χ2v) is 7.10. The summed E-state index contributed by atoms with van der Waals surface area (Å²) in [6.45, 7) is 12.7. The monoisotopic (exact) mass is 273 g/mol. The van der Waals surface area contributed by atoms with Crippen molar-refractivity contribution in [2.45, 2.75) is 65.8 Å². The molecule has 1 aromatic carbocycles. The number of nitrogens with one attached hydrogen (secondary N) is 1. The quantitative estimate of drug-likeness (QED) is 0.787. The molecule has 0 aliphatic heterocycles. The fraction of sp³-hybridized carbons (Fsp3) is 0.684. The fourth-order valence-corrected chi connectivity index (χ4v) is 3.79. The molecule has 1 aliphatic carbocycles. The molecule has 0 saturated heterocycles. The van der Waals surface area contributed by atoms with Gasteiger partial charge >= 0.3 is 0 Å². The van der Waals surface area contributed by atoms with Crippen LogP contribution in [0.25, 0.3) is 0 Å². The van der Waals surface area contributed by atoms with E-state index in [1.165, 1.54) is 30.4 Å². The van der Waals surface area contributed by atoms with E-state index in [9.17, 15) is 0 Å². The van der Waals surface area contributed by atoms with Crippen LogP contribution in [0, 0.1) is 11.3 Å². The van der Waals surface area contributed by atoms with Gasteiger partial charge in [0.25, 0.3) is 0 Å². The Labute approximate surface area is 125 Å². The average molecular weight is 273 g/mol. The Morgan fingerprint density at radius 3 is 2.35 bits per heavy atom. The lowest BCUT2D eigenvalue weighted by Crippen LogP contribution is -2.56. The van der Waals surface area contributed by atoms with Crippen LogP contribution >= 0.6 is 0 Å². The molecule has 1 aromatic rings. The summed E-state index contributed by atoms with van der Waals surface area (Å²) in [7, 11) is 0. The molecule has 0 heterocycles. The smallest absolute Gasteiger partial charge is 0.0132 e. The van der Waals surface area contributed by atoms with Crippen molar-refractivity contribution in [3.63, 3.8) is 0 Å². The van der Waals surface area contributed by atoms with Crippen LogP contribution in [-0.4, -0.2) is 12.6 Å². The summed E-state index contributed by atoms with van der Waals surface area (Å²) in [5, 5.41) is 3.66. The van der Waals surface area contributed by atoms with E-state index in [2.05, 4.69) is 64.2 Å². The van der Waals surface area contributed by atoms with Crippen LogP contribution in [0.15, 0.2) is 24.3 Å². The van der Waals surface area contributed by atoms with E-state index < -0.39 is 0 Å². The maximum atomic E-state index is 3.66. The molecular formula is C19H31N. The Hall–Kier alpha value is -0.820. The van der Waals surface area contributed by atoms with Crippen LogP contribution in [0.5, 0.6) is 0 Å². The van der Waals surface area contributed by atoms with Gasteiger partial charge in [-0.15, -0.1) is 0 Å². The largest absolute Gasteiger partial charge is 0.314 e. The Morgan fingerprint density at radius 2 is 1.85 bits per heavy atom. The summed E-state index contributed by atoms with van der Waals surface area (Å²) in [5.41, 5.74) is 3.44. The van der Waals surface area contributed by atoms with Crippen molar-refractivity contribution in [2.75, 3.05) is 6.54 Å². The van der Waals surface area contributed by atoms with Crippen molar-refractivity contribution in [3.05, 3.63) is 35.4 Å². The summed E-state index contributed by atoms with van der Waals surface area (Å²) < 4.78 is 0. The molecule has 0 amide bonds. The van der Waals surface area contributed by atoms with Gasteiger partial charge < -0.3 is 5.32 Å². The second kappa shape index (κ2) is 6.30. The van der Waals surface area contributed by atoms with Gasteiger partial charge in [0.1, 0.15) is 0 Å². The van der Waals surface area contributed by atoms with Crippen LogP contribution in [0.1, 0.15) is 64.5 Å². The summed E-state index contributed by atoms with van der Waals surface area (Å²) in [6, 6.07) is 10.1. The van der Waals surface area contributed by atoms with Gasteiger partial charge in [-0.3, -0.25) is 0 Å². The van der Waals surface area contributed by atoms with Crippen molar-refractivity contribution in [3.8, 4) is 0 Å². The lowest BCUT2D eigenvalue weighted by atomic mass is 9.54. The lowest BCUT2D eigenvalue weighted by Gasteiger charge is -2.55. The lowest BCUT2D eigenvalue weighted by molar-refractivity contribution is 0.0455. The molecule has 0 aromatic heterocycles. The molecule has 0 bridgehead atoms. The van der Waals surface area contributed by atoms with Crippen LogP contribution in [0.3, 0.4) is 0 Å². The maximum absolute atomic E-state index is 3.66. The molecule has 0 spiro atoms. The van der Waals surface area contributed by atoms with Gasteiger partial charge in [-0.05, 0) is 54.2 Å². The van der Waals surface area contributed by atoms with E-state index in [0.717, 1.165) is 18.4 Å². The van der Waals surface area contributed by atoms with E-state index in [1.54, 1.807) is 0 Å². The minimum Gasteiger partial charge on any atom is -0.314 e. The second-order valence-electron chi connectivity index (χ2n) is 7.10. The molecule has 2 rings (SSSR count). The molecule has 0 radical (unpaired) electrons. The zero-order chi connectivity index (χ0) is 14.8. The fourth-order valence-electron chi connectivity index (χ4n) is 3.79. The molecule has 1 aliphatic rings. The van der Waals surface area contributed by atoms with Crippen LogP contribution in [0.2, 0.25) is 0 Å². The molecule has 112 valence electrons. The maximum Gasteiger partial charge on any atom is 0.0132 e. The number of rotatable bonds is 6. The summed E-state index contributed by atoms with van der Waals surface area (Å²) in [6.07, 6.45) is 3.74. The van der Waals surface area contributed by atoms with Crippen LogP contribution < -0.4 is 5.32 Å². The Kier molecular flexibility index (Phi) is 4.90. The predicted octanol–water partition coefficient (Wildman–Crippen LogP) is 4.77. The zero-order valence-electron chi connectivity index (χ0n) is 13.9. The highest BCUT2D eigenvalue weighted by atomic mass is 15.0. The predicted molar refractivity (Wildman–Crippen MR) is 88.2 cm³/mol. The summed E-state index contributed by atoms with van der Waals surface area (Å²) in [5.74, 6) is 1.47. The van der Waals surface area contributed by atoms with Gasteiger partial charge in [0.15, 0.2) is 0 Å². The van der Waals surface area contributed by atoms with Gasteiger partial charge in [0.05, 0.1) is 0 Å². The molecular weight excluding hydrogens is 242 g/mol. The Morgan fingerprint density at radius 1 is 1.20 bits per heavy atom. The SMILES string of the molecule is CCNC1CC(c2ccc(CC(C)C)cc2)C1(C)CC. The molecule has 1 N–H and O–H groups in total. The van der Waals surface area contributed by atoms with E-state index in [0.29, 0.717) is 11.5 Å². The standard InChI is InChI=1S/C19H31N/c1-6-19(5)17(13-18(19)20-7-2)16-10-8-15(9-11-16)12-14(3)4/h8-11,14,17-18,20H,6-7,12-13H2,1-5H3. The number of benzene rings is 1. The first-order valence-corrected chi connectivity index (χ1v) is 8.33. The molecule has 1 fully saturated rings. The van der Waals surface area contributed by atoms with Crippen molar-refractivity contribution in [2.24, 2.45) is 11.3 Å². The van der Waals surface area contributed by atoms with E-state index in [1.807, 2.05) is 0 Å². The van der Waals surface area contributed by atoms with Crippen molar-refractivity contribution in [1.82, 2.24) is 5.32 Å². The molecule has 3 atom stereocenters. The van der Waals surface area contributed by atoms with Crippen molar-refractivity contribution < 1.29 is 0 Å². The minimum absolute atomic E-state index is 0.426.